The van der Waals surface area contributed by atoms with Crippen molar-refractivity contribution < 1.29 is 23.8 Å². The van der Waals surface area contributed by atoms with Crippen LogP contribution < -0.4 is 24.4 Å². The number of nitrogens with zero attached hydrogens (tertiary/aromatic N) is 2. The van der Waals surface area contributed by atoms with Crippen LogP contribution in [0.1, 0.15) is 44.9 Å². The van der Waals surface area contributed by atoms with E-state index in [1.54, 1.807) is 49.4 Å². The maximum Gasteiger partial charge on any atom is 0.338 e. The van der Waals surface area contributed by atoms with Gasteiger partial charge in [-0.2, -0.15) is 0 Å². The second kappa shape index (κ2) is 11.8. The molecule has 0 amide bonds. The molecule has 1 atom stereocenters. The molecule has 1 aromatic heterocycles. The molecule has 0 N–H and O–H groups in total. The Bertz CT molecular complexity index is 1670. The lowest BCUT2D eigenvalue weighted by Crippen LogP contribution is -2.40. The summed E-state index contributed by atoms with van der Waals surface area (Å²) in [5.74, 6) is -0.496. The minimum atomic E-state index is -0.871. The monoisotopic (exact) mass is 588 g/mol. The minimum Gasteiger partial charge on any atom is -0.493 e. The minimum absolute atomic E-state index is 0.113. The molecular weight excluding hydrogens is 563 g/mol. The van der Waals surface area contributed by atoms with Crippen LogP contribution in [0.15, 0.2) is 57.5 Å². The number of allylic oxidation sites excluding steroid dienone is 1. The van der Waals surface area contributed by atoms with Gasteiger partial charge in [0, 0.05) is 17.0 Å². The number of carbonyl (C=O) groups is 2. The van der Waals surface area contributed by atoms with Crippen LogP contribution in [0.25, 0.3) is 6.08 Å². The number of benzene rings is 2. The second-order valence-corrected chi connectivity index (χ2v) is 11.1. The van der Waals surface area contributed by atoms with Gasteiger partial charge >= 0.3 is 11.9 Å². The van der Waals surface area contributed by atoms with Crippen LogP contribution in [0.4, 0.5) is 0 Å². The summed E-state index contributed by atoms with van der Waals surface area (Å²) >= 11 is 13.6. The van der Waals surface area contributed by atoms with E-state index in [9.17, 15) is 14.4 Å². The molecule has 1 aliphatic heterocycles. The molecule has 0 aliphatic carbocycles. The molecule has 0 spiro atoms. The van der Waals surface area contributed by atoms with Crippen LogP contribution in [0.2, 0.25) is 10.0 Å². The standard InChI is InChI=1S/C28H26Cl2N2O6S/c1-14(2)13-37-27(35)24-15(3)31-28-32(25(24)18-7-9-21(38-16(4)33)22(10-18)36-5)26(34)23(39-28)11-17-6-8-19(29)12-20(17)30/h6-12,14,25H,13H2,1-5H3/b23-11+/t25-/m1/s1. The molecule has 0 unspecified atom stereocenters. The Hall–Kier alpha value is -3.40. The van der Waals surface area contributed by atoms with Crippen molar-refractivity contribution in [2.24, 2.45) is 10.9 Å². The number of ether oxygens (including phenoxy) is 3. The van der Waals surface area contributed by atoms with Crippen molar-refractivity contribution in [2.75, 3.05) is 13.7 Å². The molecule has 4 rings (SSSR count). The number of halogens is 2. The van der Waals surface area contributed by atoms with Crippen LogP contribution in [-0.4, -0.2) is 30.2 Å². The van der Waals surface area contributed by atoms with Gasteiger partial charge in [-0.05, 0) is 54.3 Å². The molecule has 2 heterocycles. The average Bonchev–Trinajstić information content (AvgIpc) is 3.17. The Balaban J connectivity index is 1.94. The summed E-state index contributed by atoms with van der Waals surface area (Å²) in [6.45, 7) is 7.06. The van der Waals surface area contributed by atoms with E-state index in [0.29, 0.717) is 36.2 Å². The third-order valence-electron chi connectivity index (χ3n) is 5.80. The fraction of sp³-hybridized carbons (Fsp3) is 0.286. The molecule has 0 saturated heterocycles. The number of esters is 2. The number of thiazole rings is 1. The van der Waals surface area contributed by atoms with Crippen LogP contribution in [0, 0.1) is 5.92 Å². The summed E-state index contributed by atoms with van der Waals surface area (Å²) in [4.78, 5) is 43.8. The highest BCUT2D eigenvalue weighted by Crippen LogP contribution is 2.36. The molecule has 0 bridgehead atoms. The van der Waals surface area contributed by atoms with Crippen molar-refractivity contribution in [1.82, 2.24) is 4.57 Å². The predicted octanol–water partition coefficient (Wildman–Crippen LogP) is 4.68. The number of rotatable bonds is 7. The molecule has 204 valence electrons. The highest BCUT2D eigenvalue weighted by Gasteiger charge is 2.34. The number of aromatic nitrogens is 1. The van der Waals surface area contributed by atoms with Gasteiger partial charge in [-0.3, -0.25) is 14.2 Å². The fourth-order valence-corrected chi connectivity index (χ4v) is 5.57. The lowest BCUT2D eigenvalue weighted by atomic mass is 9.95. The highest BCUT2D eigenvalue weighted by molar-refractivity contribution is 7.07. The molecule has 11 heteroatoms. The average molecular weight is 589 g/mol. The second-order valence-electron chi connectivity index (χ2n) is 9.24. The van der Waals surface area contributed by atoms with Crippen LogP contribution in [0.3, 0.4) is 0 Å². The maximum absolute atomic E-state index is 13.8. The first-order valence-electron chi connectivity index (χ1n) is 12.0. The Labute approximate surface area is 238 Å². The third kappa shape index (κ3) is 6.11. The normalized spacial score (nSPS) is 15.2. The SMILES string of the molecule is COc1cc([C@@H]2C(C(=O)OCC(C)C)=C(C)N=c3s/c(=C/c4ccc(Cl)cc4Cl)c(=O)n32)ccc1OC(C)=O. The Morgan fingerprint density at radius 3 is 2.54 bits per heavy atom. The lowest BCUT2D eigenvalue weighted by Gasteiger charge is -2.25. The Morgan fingerprint density at radius 2 is 1.90 bits per heavy atom. The number of methoxy groups -OCH3 is 1. The van der Waals surface area contributed by atoms with Crippen molar-refractivity contribution in [3.05, 3.63) is 88.5 Å². The van der Waals surface area contributed by atoms with Gasteiger partial charge in [0.15, 0.2) is 16.3 Å². The largest absolute Gasteiger partial charge is 0.493 e. The van der Waals surface area contributed by atoms with Crippen molar-refractivity contribution >= 4 is 52.6 Å². The fourth-order valence-electron chi connectivity index (χ4n) is 4.07. The summed E-state index contributed by atoms with van der Waals surface area (Å²) in [5, 5.41) is 0.870. The molecule has 1 aliphatic rings. The predicted molar refractivity (Wildman–Crippen MR) is 150 cm³/mol. The van der Waals surface area contributed by atoms with Crippen molar-refractivity contribution in [1.29, 1.82) is 0 Å². The highest BCUT2D eigenvalue weighted by atomic mass is 35.5. The quantitative estimate of drug-likeness (QED) is 0.294. The molecule has 3 aromatic rings. The smallest absolute Gasteiger partial charge is 0.338 e. The van der Waals surface area contributed by atoms with Crippen LogP contribution in [-0.2, 0) is 14.3 Å². The van der Waals surface area contributed by atoms with E-state index >= 15 is 0 Å². The van der Waals surface area contributed by atoms with Gasteiger partial charge in [-0.1, -0.05) is 60.5 Å². The van der Waals surface area contributed by atoms with E-state index in [-0.39, 0.29) is 35.2 Å². The number of fused-ring (bicyclic) bond motifs is 1. The maximum atomic E-state index is 13.8. The van der Waals surface area contributed by atoms with Gasteiger partial charge in [-0.15, -0.1) is 0 Å². The van der Waals surface area contributed by atoms with Crippen molar-refractivity contribution in [2.45, 2.75) is 33.7 Å². The first-order valence-corrected chi connectivity index (χ1v) is 13.6. The molecule has 0 fully saturated rings. The van der Waals surface area contributed by atoms with Gasteiger partial charge in [-0.25, -0.2) is 9.79 Å². The van der Waals surface area contributed by atoms with Gasteiger partial charge in [0.1, 0.15) is 0 Å². The first-order chi connectivity index (χ1) is 18.5. The van der Waals surface area contributed by atoms with Gasteiger partial charge < -0.3 is 14.2 Å². The summed E-state index contributed by atoms with van der Waals surface area (Å²) in [5.41, 5.74) is 1.45. The zero-order valence-corrected chi connectivity index (χ0v) is 24.2. The van der Waals surface area contributed by atoms with Crippen molar-refractivity contribution in [3.8, 4) is 11.5 Å². The molecule has 0 saturated carbocycles. The molecule has 8 nitrogen and oxygen atoms in total. The number of hydrogen-bond acceptors (Lipinski definition) is 8. The third-order valence-corrected chi connectivity index (χ3v) is 7.34. The Kier molecular flexibility index (Phi) is 8.64. The molecule has 0 radical (unpaired) electrons. The molecule has 39 heavy (non-hydrogen) atoms. The zero-order valence-electron chi connectivity index (χ0n) is 21.9. The molecular formula is C28H26Cl2N2O6S. The topological polar surface area (TPSA) is 96.2 Å². The van der Waals surface area contributed by atoms with E-state index in [0.717, 1.165) is 0 Å². The van der Waals surface area contributed by atoms with Gasteiger partial charge in [0.2, 0.25) is 0 Å². The van der Waals surface area contributed by atoms with Crippen LogP contribution in [0.5, 0.6) is 11.5 Å². The van der Waals surface area contributed by atoms with E-state index in [1.165, 1.54) is 29.9 Å². The lowest BCUT2D eigenvalue weighted by molar-refractivity contribution is -0.140. The number of carbonyl (C=O) groups excluding carboxylic acids is 2. The van der Waals surface area contributed by atoms with E-state index < -0.39 is 18.0 Å². The van der Waals surface area contributed by atoms with Crippen LogP contribution >= 0.6 is 34.5 Å². The van der Waals surface area contributed by atoms with Gasteiger partial charge in [0.05, 0.1) is 35.6 Å². The summed E-state index contributed by atoms with van der Waals surface area (Å²) < 4.78 is 18.1. The summed E-state index contributed by atoms with van der Waals surface area (Å²) in [6.07, 6.45) is 1.67. The van der Waals surface area contributed by atoms with Gasteiger partial charge in [0.25, 0.3) is 5.56 Å². The Morgan fingerprint density at radius 1 is 1.15 bits per heavy atom. The molecule has 2 aromatic carbocycles. The number of hydrogen-bond donors (Lipinski definition) is 0. The zero-order chi connectivity index (χ0) is 28.4. The first kappa shape index (κ1) is 28.6. The summed E-state index contributed by atoms with van der Waals surface area (Å²) in [6, 6.07) is 8.99. The van der Waals surface area contributed by atoms with Crippen molar-refractivity contribution in [3.63, 3.8) is 0 Å². The van der Waals surface area contributed by atoms with E-state index in [4.69, 9.17) is 37.4 Å². The summed E-state index contributed by atoms with van der Waals surface area (Å²) in [7, 11) is 1.44. The van der Waals surface area contributed by atoms with E-state index in [1.807, 2.05) is 13.8 Å². The van der Waals surface area contributed by atoms with E-state index in [2.05, 4.69) is 4.99 Å².